The normalized spacial score (nSPS) is 35.4. The zero-order valence-corrected chi connectivity index (χ0v) is 27.3. The van der Waals surface area contributed by atoms with Gasteiger partial charge in [-0.15, -0.1) is 0 Å². The van der Waals surface area contributed by atoms with Gasteiger partial charge in [-0.1, -0.05) is 0 Å². The van der Waals surface area contributed by atoms with Crippen molar-refractivity contribution in [2.45, 2.75) is 106 Å². The number of rotatable bonds is 6. The molecule has 1 aromatic heterocycles. The number of benzene rings is 1. The molecule has 8 aliphatic rings. The summed E-state index contributed by atoms with van der Waals surface area (Å²) in [7, 11) is 0. The van der Waals surface area contributed by atoms with Crippen LogP contribution in [0.1, 0.15) is 92.2 Å². The van der Waals surface area contributed by atoms with Crippen LogP contribution < -0.4 is 20.3 Å². The number of hydrogen-bond donors (Lipinski definition) is 3. The highest BCUT2D eigenvalue weighted by molar-refractivity contribution is 5.99. The van der Waals surface area contributed by atoms with Gasteiger partial charge in [0, 0.05) is 49.1 Å². The van der Waals surface area contributed by atoms with Crippen molar-refractivity contribution in [3.8, 4) is 5.75 Å². The van der Waals surface area contributed by atoms with Crippen LogP contribution in [0.25, 0.3) is 0 Å². The lowest BCUT2D eigenvalue weighted by atomic mass is 9.48. The number of alkyl halides is 3. The zero-order valence-electron chi connectivity index (χ0n) is 27.3. The van der Waals surface area contributed by atoms with E-state index in [1.54, 1.807) is 4.90 Å². The van der Waals surface area contributed by atoms with Gasteiger partial charge in [-0.2, -0.15) is 13.2 Å². The van der Waals surface area contributed by atoms with Gasteiger partial charge in [0.2, 0.25) is 5.95 Å². The van der Waals surface area contributed by atoms with E-state index in [0.717, 1.165) is 49.6 Å². The second kappa shape index (κ2) is 11.3. The van der Waals surface area contributed by atoms with Crippen molar-refractivity contribution in [1.29, 1.82) is 0 Å². The minimum Gasteiger partial charge on any atom is -0.490 e. The largest absolute Gasteiger partial charge is 0.490 e. The number of aromatic nitrogens is 2. The van der Waals surface area contributed by atoms with Gasteiger partial charge in [0.15, 0.2) is 5.69 Å². The van der Waals surface area contributed by atoms with Gasteiger partial charge in [-0.25, -0.2) is 14.8 Å². The van der Waals surface area contributed by atoms with Crippen LogP contribution in [-0.4, -0.2) is 70.4 Å². The summed E-state index contributed by atoms with van der Waals surface area (Å²) in [6, 6.07) is 6.74. The summed E-state index contributed by atoms with van der Waals surface area (Å²) in [5, 5.41) is 16.7. The summed E-state index contributed by atoms with van der Waals surface area (Å²) in [4.78, 5) is 36.7. The first kappa shape index (κ1) is 31.5. The van der Waals surface area contributed by atoms with Crippen molar-refractivity contribution in [2.75, 3.05) is 24.7 Å². The quantitative estimate of drug-likeness (QED) is 0.369. The Morgan fingerprint density at radius 1 is 1.00 bits per heavy atom. The van der Waals surface area contributed by atoms with Crippen LogP contribution in [0, 0.1) is 23.7 Å². The average Bonchev–Trinajstić information content (AvgIpc) is 3.57. The third-order valence-electron chi connectivity index (χ3n) is 13.1. The molecule has 0 unspecified atom stereocenters. The van der Waals surface area contributed by atoms with E-state index < -0.39 is 34.8 Å². The fourth-order valence-corrected chi connectivity index (χ4v) is 11.1. The number of aliphatic carboxylic acids is 1. The number of carboxylic acid groups (broad SMARTS) is 1. The molecule has 5 heterocycles. The first-order valence-electron chi connectivity index (χ1n) is 17.9. The maximum Gasteiger partial charge on any atom is 0.434 e. The summed E-state index contributed by atoms with van der Waals surface area (Å²) in [6.07, 6.45) is 5.34. The average molecular weight is 682 g/mol. The number of ether oxygens (including phenoxy) is 2. The highest BCUT2D eigenvalue weighted by atomic mass is 19.4. The Balaban J connectivity index is 1.03. The Kier molecular flexibility index (Phi) is 7.26. The Bertz CT molecular complexity index is 1640. The van der Waals surface area contributed by atoms with Crippen LogP contribution in [-0.2, 0) is 21.1 Å². The molecule has 3 N–H and O–H groups in total. The van der Waals surface area contributed by atoms with Gasteiger partial charge in [-0.3, -0.25) is 4.79 Å². The third kappa shape index (κ3) is 5.12. The minimum atomic E-state index is -4.98. The molecule has 13 heteroatoms. The Morgan fingerprint density at radius 2 is 1.67 bits per heavy atom. The van der Waals surface area contributed by atoms with Crippen molar-refractivity contribution >= 4 is 23.5 Å². The van der Waals surface area contributed by atoms with Gasteiger partial charge in [-0.05, 0) is 118 Å². The van der Waals surface area contributed by atoms with Crippen molar-refractivity contribution in [2.24, 2.45) is 23.7 Å². The lowest BCUT2D eigenvalue weighted by Gasteiger charge is -2.59. The van der Waals surface area contributed by atoms with Crippen molar-refractivity contribution in [1.82, 2.24) is 20.6 Å². The monoisotopic (exact) mass is 681 g/mol. The summed E-state index contributed by atoms with van der Waals surface area (Å²) in [5.41, 5.74) is -2.41. The summed E-state index contributed by atoms with van der Waals surface area (Å²) < 4.78 is 56.4. The van der Waals surface area contributed by atoms with E-state index in [-0.39, 0.29) is 29.3 Å². The SMILES string of the molecule is O=C(NC1(C(=O)O)C2CC3CC(C2)CC1C3)c1cnc(N2CC3(CCOCC3)c3cc(O[C@@H]4C[C@H]5CC[C@@H](C4)N5)ccc32)nc1C(F)(F)F. The molecule has 2 aromatic rings. The van der Waals surface area contributed by atoms with Gasteiger partial charge in [0.1, 0.15) is 17.4 Å². The van der Waals surface area contributed by atoms with Crippen LogP contribution in [0.2, 0.25) is 0 Å². The number of nitrogens with one attached hydrogen (secondary N) is 2. The first-order valence-corrected chi connectivity index (χ1v) is 17.9. The van der Waals surface area contributed by atoms with E-state index >= 15 is 0 Å². The molecular weight excluding hydrogens is 639 g/mol. The molecule has 10 nitrogen and oxygen atoms in total. The number of anilines is 2. The third-order valence-corrected chi connectivity index (χ3v) is 13.1. The molecule has 1 aromatic carbocycles. The maximum atomic E-state index is 14.7. The van der Waals surface area contributed by atoms with Crippen molar-refractivity contribution in [3.63, 3.8) is 0 Å². The molecule has 1 spiro atoms. The molecule has 0 radical (unpaired) electrons. The first-order chi connectivity index (χ1) is 23.5. The number of hydrogen-bond acceptors (Lipinski definition) is 8. The van der Waals surface area contributed by atoms with Crippen LogP contribution in [0.5, 0.6) is 5.75 Å². The van der Waals surface area contributed by atoms with E-state index in [0.29, 0.717) is 87.9 Å². The number of carboxylic acids is 1. The highest BCUT2D eigenvalue weighted by Crippen LogP contribution is 2.58. The Morgan fingerprint density at radius 3 is 2.31 bits per heavy atom. The van der Waals surface area contributed by atoms with E-state index in [1.807, 2.05) is 18.2 Å². The van der Waals surface area contributed by atoms with E-state index in [4.69, 9.17) is 9.47 Å². The molecule has 3 saturated heterocycles. The molecule has 4 saturated carbocycles. The number of halogens is 3. The molecule has 1 amide bonds. The fourth-order valence-electron chi connectivity index (χ4n) is 11.1. The number of carbonyl (C=O) groups is 2. The number of fused-ring (bicyclic) bond motifs is 4. The van der Waals surface area contributed by atoms with Gasteiger partial charge >= 0.3 is 12.1 Å². The smallest absolute Gasteiger partial charge is 0.434 e. The maximum absolute atomic E-state index is 14.7. The second-order valence-corrected chi connectivity index (χ2v) is 15.9. The van der Waals surface area contributed by atoms with Crippen LogP contribution in [0.4, 0.5) is 24.8 Å². The van der Waals surface area contributed by atoms with Gasteiger partial charge in [0.25, 0.3) is 5.91 Å². The standard InChI is InChI=1S/C36H42F3N5O5/c37-36(38,39)30-27(31(45)43-35(32(46)47)21-10-19-9-20(12-21)13-22(35)11-19)17-40-33(42-30)44-18-34(5-7-48-8-6-34)28-16-25(3-4-29(28)44)49-26-14-23-1-2-24(15-26)41-23/h3-4,16-17,19-24,26,41H,1-2,5-15,18H2,(H,43,45)(H,46,47)/t19?,20?,21?,22?,23-,24+,26-,35?. The number of carbonyl (C=O) groups excluding carboxylic acids is 1. The predicted octanol–water partition coefficient (Wildman–Crippen LogP) is 5.37. The van der Waals surface area contributed by atoms with Gasteiger partial charge in [0.05, 0.1) is 5.56 Å². The van der Waals surface area contributed by atoms with Crippen molar-refractivity contribution in [3.05, 3.63) is 41.2 Å². The van der Waals surface area contributed by atoms with Crippen LogP contribution >= 0.6 is 0 Å². The molecule has 262 valence electrons. The second-order valence-electron chi connectivity index (χ2n) is 15.9. The van der Waals surface area contributed by atoms with E-state index in [1.165, 1.54) is 0 Å². The lowest BCUT2D eigenvalue weighted by molar-refractivity contribution is -0.163. The molecular formula is C36H42F3N5O5. The molecule has 49 heavy (non-hydrogen) atoms. The fraction of sp³-hybridized carbons (Fsp3) is 0.667. The minimum absolute atomic E-state index is 0.107. The lowest BCUT2D eigenvalue weighted by Crippen LogP contribution is -2.70. The molecule has 10 rings (SSSR count). The topological polar surface area (TPSA) is 126 Å². The highest BCUT2D eigenvalue weighted by Gasteiger charge is 2.62. The van der Waals surface area contributed by atoms with Crippen LogP contribution in [0.3, 0.4) is 0 Å². The van der Waals surface area contributed by atoms with E-state index in [9.17, 15) is 27.9 Å². The Hall–Kier alpha value is -3.45. The van der Waals surface area contributed by atoms with Crippen LogP contribution in [0.15, 0.2) is 24.4 Å². The number of piperidine rings is 1. The summed E-state index contributed by atoms with van der Waals surface area (Å²) in [5.74, 6) is -1.48. The summed E-state index contributed by atoms with van der Waals surface area (Å²) in [6.45, 7) is 1.42. The van der Waals surface area contributed by atoms with Crippen molar-refractivity contribution < 1.29 is 37.3 Å². The van der Waals surface area contributed by atoms with E-state index in [2.05, 4.69) is 20.6 Å². The summed E-state index contributed by atoms with van der Waals surface area (Å²) >= 11 is 0. The predicted molar refractivity (Wildman–Crippen MR) is 171 cm³/mol. The number of nitrogens with zero attached hydrogens (tertiary/aromatic N) is 3. The number of amides is 1. The molecule has 4 aliphatic heterocycles. The molecule has 4 aliphatic carbocycles. The molecule has 7 fully saturated rings. The molecule has 6 bridgehead atoms. The van der Waals surface area contributed by atoms with Gasteiger partial charge < -0.3 is 30.1 Å². The molecule has 3 atom stereocenters. The zero-order chi connectivity index (χ0) is 33.7. The Labute approximate surface area is 282 Å².